The average Bonchev–Trinajstić information content (AvgIpc) is 2.31. The molecule has 0 fully saturated rings. The Labute approximate surface area is 99.7 Å². The molecule has 1 rings (SSSR count). The average molecular weight is 240 g/mol. The molecule has 1 amide bonds. The fourth-order valence-electron chi connectivity index (χ4n) is 1.01. The number of hydrogen-bond acceptors (Lipinski definition) is 5. The number of pyridine rings is 1. The summed E-state index contributed by atoms with van der Waals surface area (Å²) >= 11 is 0. The number of aromatic nitrogens is 1. The molecule has 2 N–H and O–H groups in total. The lowest BCUT2D eigenvalue weighted by Crippen LogP contribution is -2.16. The number of amides is 1. The van der Waals surface area contributed by atoms with E-state index in [1.165, 1.54) is 26.3 Å². The number of nitrogens with zero attached hydrogens (tertiary/aromatic N) is 1. The van der Waals surface area contributed by atoms with Gasteiger partial charge in [-0.05, 0) is 0 Å². The third-order valence-electron chi connectivity index (χ3n) is 1.57. The van der Waals surface area contributed by atoms with E-state index in [-0.39, 0.29) is 17.2 Å². The number of nitrogens with two attached hydrogens (primary N) is 1. The SMILES string of the molecule is CC.COc1ccnc(C(N)=O)c1OC(C)=O. The standard InChI is InChI=1S/C9H10N2O4.C2H6/c1-5(12)15-8-6(14-2)3-4-11-7(8)9(10)13;1-2/h3-4H,1-2H3,(H2,10,13);1-2H3. The predicted octanol–water partition coefficient (Wildman–Crippen LogP) is 1.14. The molecule has 0 spiro atoms. The van der Waals surface area contributed by atoms with Crippen LogP contribution in [0.3, 0.4) is 0 Å². The van der Waals surface area contributed by atoms with Crippen LogP contribution in [-0.2, 0) is 4.79 Å². The van der Waals surface area contributed by atoms with E-state index in [1.54, 1.807) is 0 Å². The number of ether oxygens (including phenoxy) is 2. The number of carbonyl (C=O) groups excluding carboxylic acids is 2. The summed E-state index contributed by atoms with van der Waals surface area (Å²) in [6.07, 6.45) is 1.34. The van der Waals surface area contributed by atoms with Crippen molar-refractivity contribution in [1.82, 2.24) is 4.98 Å². The van der Waals surface area contributed by atoms with Crippen molar-refractivity contribution in [3.05, 3.63) is 18.0 Å². The first-order valence-corrected chi connectivity index (χ1v) is 5.07. The van der Waals surface area contributed by atoms with Crippen molar-refractivity contribution in [3.63, 3.8) is 0 Å². The molecule has 6 nitrogen and oxygen atoms in total. The van der Waals surface area contributed by atoms with Crippen molar-refractivity contribution in [1.29, 1.82) is 0 Å². The molecule has 0 unspecified atom stereocenters. The molecule has 0 saturated heterocycles. The molecular weight excluding hydrogens is 224 g/mol. The zero-order chi connectivity index (χ0) is 13.4. The monoisotopic (exact) mass is 240 g/mol. The van der Waals surface area contributed by atoms with Gasteiger partial charge in [0.1, 0.15) is 0 Å². The van der Waals surface area contributed by atoms with Gasteiger partial charge in [-0.25, -0.2) is 4.98 Å². The minimum atomic E-state index is -0.787. The lowest BCUT2D eigenvalue weighted by atomic mass is 10.3. The highest BCUT2D eigenvalue weighted by Crippen LogP contribution is 2.29. The lowest BCUT2D eigenvalue weighted by Gasteiger charge is -2.09. The highest BCUT2D eigenvalue weighted by molar-refractivity contribution is 5.95. The molecule has 0 aromatic carbocycles. The molecule has 0 atom stereocenters. The van der Waals surface area contributed by atoms with E-state index < -0.39 is 11.9 Å². The molecule has 6 heteroatoms. The maximum absolute atomic E-state index is 11.0. The fourth-order valence-corrected chi connectivity index (χ4v) is 1.01. The van der Waals surface area contributed by atoms with Crippen LogP contribution >= 0.6 is 0 Å². The van der Waals surface area contributed by atoms with Crippen LogP contribution in [0.1, 0.15) is 31.3 Å². The van der Waals surface area contributed by atoms with E-state index in [0.717, 1.165) is 0 Å². The van der Waals surface area contributed by atoms with Crippen LogP contribution in [-0.4, -0.2) is 24.0 Å². The molecule has 94 valence electrons. The summed E-state index contributed by atoms with van der Waals surface area (Å²) in [6, 6.07) is 1.46. The summed E-state index contributed by atoms with van der Waals surface area (Å²) in [6.45, 7) is 5.21. The second-order valence-electron chi connectivity index (χ2n) is 2.65. The largest absolute Gasteiger partial charge is 0.493 e. The van der Waals surface area contributed by atoms with Crippen molar-refractivity contribution in [2.75, 3.05) is 7.11 Å². The quantitative estimate of drug-likeness (QED) is 0.800. The highest BCUT2D eigenvalue weighted by Gasteiger charge is 2.17. The number of primary amides is 1. The van der Waals surface area contributed by atoms with Gasteiger partial charge in [0.25, 0.3) is 5.91 Å². The van der Waals surface area contributed by atoms with Crippen molar-refractivity contribution in [2.45, 2.75) is 20.8 Å². The molecule has 0 radical (unpaired) electrons. The Morgan fingerprint density at radius 3 is 2.35 bits per heavy atom. The zero-order valence-electron chi connectivity index (χ0n) is 10.3. The third-order valence-corrected chi connectivity index (χ3v) is 1.57. The van der Waals surface area contributed by atoms with Gasteiger partial charge in [-0.2, -0.15) is 0 Å². The van der Waals surface area contributed by atoms with Crippen molar-refractivity contribution < 1.29 is 19.1 Å². The van der Waals surface area contributed by atoms with Crippen LogP contribution in [0.5, 0.6) is 11.5 Å². The van der Waals surface area contributed by atoms with Gasteiger partial charge < -0.3 is 15.2 Å². The summed E-state index contributed by atoms with van der Waals surface area (Å²) in [4.78, 5) is 25.5. The zero-order valence-corrected chi connectivity index (χ0v) is 10.3. The van der Waals surface area contributed by atoms with Crippen LogP contribution in [0.2, 0.25) is 0 Å². The van der Waals surface area contributed by atoms with E-state index in [0.29, 0.717) is 0 Å². The second kappa shape index (κ2) is 7.21. The molecule has 0 aliphatic rings. The lowest BCUT2D eigenvalue weighted by molar-refractivity contribution is -0.132. The maximum Gasteiger partial charge on any atom is 0.308 e. The molecule has 0 saturated carbocycles. The Kier molecular flexibility index (Phi) is 6.32. The van der Waals surface area contributed by atoms with Gasteiger partial charge >= 0.3 is 5.97 Å². The molecule has 1 aromatic rings. The summed E-state index contributed by atoms with van der Waals surface area (Å²) in [5, 5.41) is 0. The van der Waals surface area contributed by atoms with E-state index in [1.807, 2.05) is 13.8 Å². The van der Waals surface area contributed by atoms with E-state index in [9.17, 15) is 9.59 Å². The van der Waals surface area contributed by atoms with Crippen LogP contribution in [0.4, 0.5) is 0 Å². The summed E-state index contributed by atoms with van der Waals surface area (Å²) in [5.41, 5.74) is 4.93. The van der Waals surface area contributed by atoms with Gasteiger partial charge in [0.05, 0.1) is 7.11 Å². The Bertz CT molecular complexity index is 404. The van der Waals surface area contributed by atoms with E-state index >= 15 is 0 Å². The molecule has 17 heavy (non-hydrogen) atoms. The summed E-state index contributed by atoms with van der Waals surface area (Å²) < 4.78 is 9.71. The maximum atomic E-state index is 11.0. The molecule has 0 aliphatic heterocycles. The highest BCUT2D eigenvalue weighted by atomic mass is 16.6. The smallest absolute Gasteiger partial charge is 0.308 e. The first kappa shape index (κ1) is 14.9. The second-order valence-corrected chi connectivity index (χ2v) is 2.65. The normalized spacial score (nSPS) is 8.71. The van der Waals surface area contributed by atoms with Crippen LogP contribution in [0.25, 0.3) is 0 Å². The van der Waals surface area contributed by atoms with Gasteiger partial charge in [-0.1, -0.05) is 13.8 Å². The third kappa shape index (κ3) is 4.10. The Balaban J connectivity index is 0.00000121. The fraction of sp³-hybridized carbons (Fsp3) is 0.364. The van der Waals surface area contributed by atoms with Crippen molar-refractivity contribution in [2.24, 2.45) is 5.73 Å². The summed E-state index contributed by atoms with van der Waals surface area (Å²) in [5.74, 6) is -1.19. The molecule has 1 heterocycles. The van der Waals surface area contributed by atoms with Crippen LogP contribution in [0, 0.1) is 0 Å². The number of methoxy groups -OCH3 is 1. The first-order chi connectivity index (χ1) is 8.06. The van der Waals surface area contributed by atoms with Crippen LogP contribution < -0.4 is 15.2 Å². The van der Waals surface area contributed by atoms with Crippen LogP contribution in [0.15, 0.2) is 12.3 Å². The number of esters is 1. The van der Waals surface area contributed by atoms with Gasteiger partial charge in [0.15, 0.2) is 11.4 Å². The number of rotatable bonds is 3. The van der Waals surface area contributed by atoms with Gasteiger partial charge in [0.2, 0.25) is 5.75 Å². The number of hydrogen-bond donors (Lipinski definition) is 1. The molecule has 0 aliphatic carbocycles. The first-order valence-electron chi connectivity index (χ1n) is 5.07. The molecular formula is C11H16N2O4. The van der Waals surface area contributed by atoms with Crippen molar-refractivity contribution in [3.8, 4) is 11.5 Å². The van der Waals surface area contributed by atoms with Gasteiger partial charge in [0, 0.05) is 19.2 Å². The topological polar surface area (TPSA) is 91.5 Å². The minimum Gasteiger partial charge on any atom is -0.493 e. The van der Waals surface area contributed by atoms with Gasteiger partial charge in [-0.15, -0.1) is 0 Å². The summed E-state index contributed by atoms with van der Waals surface area (Å²) in [7, 11) is 1.38. The Morgan fingerprint density at radius 1 is 1.35 bits per heavy atom. The van der Waals surface area contributed by atoms with Crippen molar-refractivity contribution >= 4 is 11.9 Å². The number of carbonyl (C=O) groups is 2. The molecule has 0 bridgehead atoms. The predicted molar refractivity (Wildman–Crippen MR) is 62.0 cm³/mol. The molecule has 1 aromatic heterocycles. The van der Waals surface area contributed by atoms with E-state index in [2.05, 4.69) is 4.98 Å². The Morgan fingerprint density at radius 2 is 1.94 bits per heavy atom. The van der Waals surface area contributed by atoms with Gasteiger partial charge in [-0.3, -0.25) is 9.59 Å². The minimum absolute atomic E-state index is 0.0556. The Hall–Kier alpha value is -2.11. The van der Waals surface area contributed by atoms with E-state index in [4.69, 9.17) is 15.2 Å².